The second-order valence-corrected chi connectivity index (χ2v) is 6.36. The maximum absolute atomic E-state index is 12.2. The minimum atomic E-state index is -4.30. The number of hydrogen-bond donors (Lipinski definition) is 2. The Morgan fingerprint density at radius 3 is 2.08 bits per heavy atom. The van der Waals surface area contributed by atoms with E-state index in [0.717, 1.165) is 0 Å². The molecule has 0 fully saturated rings. The summed E-state index contributed by atoms with van der Waals surface area (Å²) in [7, 11) is 0. The number of hydrogen-bond acceptors (Lipinski definition) is 3. The molecule has 2 rings (SSSR count). The van der Waals surface area contributed by atoms with E-state index in [9.17, 15) is 26.7 Å². The van der Waals surface area contributed by atoms with Gasteiger partial charge in [-0.3, -0.25) is 4.79 Å². The molecule has 0 heterocycles. The van der Waals surface area contributed by atoms with Crippen molar-refractivity contribution in [1.82, 2.24) is 0 Å². The van der Waals surface area contributed by atoms with E-state index in [1.54, 1.807) is 12.1 Å². The third kappa shape index (κ3) is 7.30. The zero-order valence-corrected chi connectivity index (χ0v) is 14.1. The maximum Gasteiger partial charge on any atom is 0.405 e. The van der Waals surface area contributed by atoms with Crippen LogP contribution in [0.2, 0.25) is 0 Å². The van der Waals surface area contributed by atoms with Crippen LogP contribution in [0.25, 0.3) is 0 Å². The first kappa shape index (κ1) is 20.0. The Labute approximate surface area is 151 Å². The van der Waals surface area contributed by atoms with Crippen LogP contribution in [-0.2, 0) is 11.2 Å². The maximum atomic E-state index is 12.2. The predicted octanol–water partition coefficient (Wildman–Crippen LogP) is 5.16. The molecular formula is C17H15F5N2OS. The lowest BCUT2D eigenvalue weighted by Crippen LogP contribution is -2.21. The number of thioether (sulfide) groups is 1. The van der Waals surface area contributed by atoms with Crippen molar-refractivity contribution in [1.29, 1.82) is 0 Å². The highest BCUT2D eigenvalue weighted by Crippen LogP contribution is 2.26. The number of carbonyl (C=O) groups is 1. The average Bonchev–Trinajstić information content (AvgIpc) is 2.55. The van der Waals surface area contributed by atoms with Crippen molar-refractivity contribution in [3.63, 3.8) is 0 Å². The van der Waals surface area contributed by atoms with Crippen LogP contribution < -0.4 is 10.6 Å². The fraction of sp³-hybridized carbons (Fsp3) is 0.235. The standard InChI is InChI=1S/C17H15F5N2OS/c18-16(19)26-14-7-5-13(6-8-14)24-15(25)9-11-1-3-12(4-2-11)23-10-17(20,21)22/h1-8,16,23H,9-10H2,(H,24,25). The van der Waals surface area contributed by atoms with Gasteiger partial charge in [0.1, 0.15) is 6.54 Å². The molecule has 0 unspecified atom stereocenters. The Bertz CT molecular complexity index is 717. The normalized spacial score (nSPS) is 11.5. The van der Waals surface area contributed by atoms with E-state index in [1.165, 1.54) is 36.4 Å². The van der Waals surface area contributed by atoms with Gasteiger partial charge < -0.3 is 10.6 Å². The van der Waals surface area contributed by atoms with Gasteiger partial charge in [0, 0.05) is 16.3 Å². The van der Waals surface area contributed by atoms with Crippen LogP contribution >= 0.6 is 11.8 Å². The molecule has 0 bridgehead atoms. The van der Waals surface area contributed by atoms with E-state index >= 15 is 0 Å². The van der Waals surface area contributed by atoms with Crippen LogP contribution in [0.4, 0.5) is 33.3 Å². The van der Waals surface area contributed by atoms with Crippen LogP contribution in [-0.4, -0.2) is 24.4 Å². The van der Waals surface area contributed by atoms with E-state index < -0.39 is 18.5 Å². The van der Waals surface area contributed by atoms with Gasteiger partial charge in [-0.25, -0.2) is 0 Å². The SMILES string of the molecule is O=C(Cc1ccc(NCC(F)(F)F)cc1)Nc1ccc(SC(F)F)cc1. The summed E-state index contributed by atoms with van der Waals surface area (Å²) < 4.78 is 60.9. The summed E-state index contributed by atoms with van der Waals surface area (Å²) in [6.07, 6.45) is -4.27. The molecular weight excluding hydrogens is 375 g/mol. The first-order chi connectivity index (χ1) is 12.2. The number of halogens is 5. The van der Waals surface area contributed by atoms with Gasteiger partial charge in [-0.2, -0.15) is 22.0 Å². The van der Waals surface area contributed by atoms with E-state index in [-0.39, 0.29) is 12.3 Å². The largest absolute Gasteiger partial charge is 0.405 e. The summed E-state index contributed by atoms with van der Waals surface area (Å²) >= 11 is 0.413. The minimum Gasteiger partial charge on any atom is -0.376 e. The highest BCUT2D eigenvalue weighted by Gasteiger charge is 2.26. The molecule has 0 saturated carbocycles. The van der Waals surface area contributed by atoms with Crippen molar-refractivity contribution < 1.29 is 26.7 Å². The number of carbonyl (C=O) groups excluding carboxylic acids is 1. The zero-order valence-electron chi connectivity index (χ0n) is 13.3. The molecule has 0 atom stereocenters. The van der Waals surface area contributed by atoms with Gasteiger partial charge in [0.15, 0.2) is 0 Å². The van der Waals surface area contributed by atoms with Crippen LogP contribution in [0.5, 0.6) is 0 Å². The fourth-order valence-electron chi connectivity index (χ4n) is 2.05. The topological polar surface area (TPSA) is 41.1 Å². The smallest absolute Gasteiger partial charge is 0.376 e. The Kier molecular flexibility index (Phi) is 6.84. The summed E-state index contributed by atoms with van der Waals surface area (Å²) in [6, 6.07) is 12.0. The summed E-state index contributed by atoms with van der Waals surface area (Å²) in [5, 5.41) is 4.87. The van der Waals surface area contributed by atoms with E-state index in [2.05, 4.69) is 10.6 Å². The summed E-state index contributed by atoms with van der Waals surface area (Å²) in [6.45, 7) is -1.13. The molecule has 140 valence electrons. The minimum absolute atomic E-state index is 0.0348. The molecule has 2 aromatic carbocycles. The number of benzene rings is 2. The molecule has 9 heteroatoms. The van der Waals surface area contributed by atoms with Gasteiger partial charge in [-0.05, 0) is 42.0 Å². The third-order valence-corrected chi connectivity index (χ3v) is 3.90. The van der Waals surface area contributed by atoms with Crippen LogP contribution in [0.3, 0.4) is 0 Å². The molecule has 0 aliphatic heterocycles. The number of nitrogens with one attached hydrogen (secondary N) is 2. The lowest BCUT2D eigenvalue weighted by molar-refractivity contribution is -0.116. The van der Waals surface area contributed by atoms with Gasteiger partial charge in [0.2, 0.25) is 5.91 Å². The fourth-order valence-corrected chi connectivity index (χ4v) is 2.55. The van der Waals surface area contributed by atoms with Gasteiger partial charge in [-0.15, -0.1) is 0 Å². The third-order valence-electron chi connectivity index (χ3n) is 3.17. The lowest BCUT2D eigenvalue weighted by atomic mass is 10.1. The molecule has 0 saturated heterocycles. The first-order valence-corrected chi connectivity index (χ1v) is 8.33. The Balaban J connectivity index is 1.85. The summed E-state index contributed by atoms with van der Waals surface area (Å²) in [5.41, 5.74) is 1.40. The highest BCUT2D eigenvalue weighted by atomic mass is 32.2. The quantitative estimate of drug-likeness (QED) is 0.507. The molecule has 1 amide bonds. The van der Waals surface area contributed by atoms with Crippen molar-refractivity contribution in [2.24, 2.45) is 0 Å². The van der Waals surface area contributed by atoms with E-state index in [0.29, 0.717) is 33.6 Å². The van der Waals surface area contributed by atoms with Crippen molar-refractivity contribution in [3.8, 4) is 0 Å². The molecule has 0 aromatic heterocycles. The van der Waals surface area contributed by atoms with Crippen molar-refractivity contribution in [2.45, 2.75) is 23.3 Å². The van der Waals surface area contributed by atoms with E-state index in [4.69, 9.17) is 0 Å². The monoisotopic (exact) mass is 390 g/mol. The van der Waals surface area contributed by atoms with Crippen molar-refractivity contribution in [2.75, 3.05) is 17.2 Å². The molecule has 0 aliphatic rings. The Morgan fingerprint density at radius 1 is 0.962 bits per heavy atom. The molecule has 2 aromatic rings. The van der Waals surface area contributed by atoms with Crippen LogP contribution in [0, 0.1) is 0 Å². The predicted molar refractivity (Wildman–Crippen MR) is 91.6 cm³/mol. The molecule has 0 radical (unpaired) electrons. The molecule has 0 aliphatic carbocycles. The first-order valence-electron chi connectivity index (χ1n) is 7.45. The number of anilines is 2. The lowest BCUT2D eigenvalue weighted by Gasteiger charge is -2.10. The molecule has 26 heavy (non-hydrogen) atoms. The summed E-state index contributed by atoms with van der Waals surface area (Å²) in [4.78, 5) is 12.4. The second kappa shape index (κ2) is 8.88. The highest BCUT2D eigenvalue weighted by molar-refractivity contribution is 7.99. The van der Waals surface area contributed by atoms with Gasteiger partial charge >= 0.3 is 6.18 Å². The summed E-state index contributed by atoms with van der Waals surface area (Å²) in [5.74, 6) is -2.83. The Morgan fingerprint density at radius 2 is 1.54 bits per heavy atom. The van der Waals surface area contributed by atoms with Crippen LogP contribution in [0.15, 0.2) is 53.4 Å². The second-order valence-electron chi connectivity index (χ2n) is 5.29. The zero-order chi connectivity index (χ0) is 19.2. The number of alkyl halides is 5. The molecule has 0 spiro atoms. The average molecular weight is 390 g/mol. The van der Waals surface area contributed by atoms with Crippen LogP contribution in [0.1, 0.15) is 5.56 Å². The van der Waals surface area contributed by atoms with Gasteiger partial charge in [-0.1, -0.05) is 23.9 Å². The van der Waals surface area contributed by atoms with Crippen molar-refractivity contribution in [3.05, 3.63) is 54.1 Å². The molecule has 2 N–H and O–H groups in total. The number of amides is 1. The van der Waals surface area contributed by atoms with E-state index in [1.807, 2.05) is 0 Å². The van der Waals surface area contributed by atoms with Gasteiger partial charge in [0.25, 0.3) is 5.76 Å². The molecule has 3 nitrogen and oxygen atoms in total. The number of rotatable bonds is 7. The Hall–Kier alpha value is -2.29. The van der Waals surface area contributed by atoms with Crippen molar-refractivity contribution >= 4 is 29.0 Å². The van der Waals surface area contributed by atoms with Gasteiger partial charge in [0.05, 0.1) is 6.42 Å².